The highest BCUT2D eigenvalue weighted by molar-refractivity contribution is 6.11. The average molecular weight is 425 g/mol. The summed E-state index contributed by atoms with van der Waals surface area (Å²) >= 11 is 0. The van der Waals surface area contributed by atoms with Gasteiger partial charge in [0.05, 0.1) is 6.54 Å². The summed E-state index contributed by atoms with van der Waals surface area (Å²) in [4.78, 5) is 51.5. The molecule has 1 aromatic carbocycles. The van der Waals surface area contributed by atoms with Crippen LogP contribution in [0.3, 0.4) is 0 Å². The Morgan fingerprint density at radius 3 is 2.35 bits per heavy atom. The molecule has 1 aromatic heterocycles. The van der Waals surface area contributed by atoms with Gasteiger partial charge in [-0.2, -0.15) is 0 Å². The second-order valence-electron chi connectivity index (χ2n) is 7.90. The van der Waals surface area contributed by atoms with E-state index in [-0.39, 0.29) is 24.2 Å². The molecular formula is C22H23N3O6. The molecule has 0 spiro atoms. The summed E-state index contributed by atoms with van der Waals surface area (Å²) in [6, 6.07) is 7.58. The molecule has 2 aliphatic rings. The fourth-order valence-electron chi connectivity index (χ4n) is 4.32. The Morgan fingerprint density at radius 1 is 1.03 bits per heavy atom. The van der Waals surface area contributed by atoms with Crippen LogP contribution < -0.4 is 15.6 Å². The fourth-order valence-corrected chi connectivity index (χ4v) is 4.32. The van der Waals surface area contributed by atoms with Crippen molar-refractivity contribution in [3.05, 3.63) is 58.0 Å². The summed E-state index contributed by atoms with van der Waals surface area (Å²) in [5, 5.41) is 22.6. The van der Waals surface area contributed by atoms with Crippen molar-refractivity contribution in [3.63, 3.8) is 0 Å². The van der Waals surface area contributed by atoms with Crippen molar-refractivity contribution in [2.45, 2.75) is 50.7 Å². The van der Waals surface area contributed by atoms with Gasteiger partial charge in [0.1, 0.15) is 11.6 Å². The molecule has 2 heterocycles. The molecule has 3 N–H and O–H groups in total. The first kappa shape index (κ1) is 20.6. The predicted octanol–water partition coefficient (Wildman–Crippen LogP) is 1.73. The second-order valence-corrected chi connectivity index (χ2v) is 7.90. The highest BCUT2D eigenvalue weighted by Gasteiger charge is 2.41. The van der Waals surface area contributed by atoms with Gasteiger partial charge >= 0.3 is 5.97 Å². The number of fused-ring (bicyclic) bond motifs is 1. The molecule has 0 bridgehead atoms. The molecule has 4 rings (SSSR count). The van der Waals surface area contributed by atoms with E-state index in [4.69, 9.17) is 0 Å². The van der Waals surface area contributed by atoms with E-state index in [0.29, 0.717) is 5.69 Å². The molecule has 1 aliphatic heterocycles. The van der Waals surface area contributed by atoms with E-state index in [9.17, 15) is 29.4 Å². The Kier molecular flexibility index (Phi) is 5.50. The van der Waals surface area contributed by atoms with Gasteiger partial charge in [-0.25, -0.2) is 4.79 Å². The number of aromatic nitrogens is 1. The normalized spacial score (nSPS) is 19.0. The van der Waals surface area contributed by atoms with Gasteiger partial charge in [0.25, 0.3) is 5.91 Å². The number of nitrogens with zero attached hydrogens (tertiary/aromatic N) is 2. The maximum absolute atomic E-state index is 13.4. The van der Waals surface area contributed by atoms with E-state index >= 15 is 0 Å². The summed E-state index contributed by atoms with van der Waals surface area (Å²) in [6.45, 7) is -0.0946. The van der Waals surface area contributed by atoms with E-state index in [2.05, 4.69) is 5.32 Å². The summed E-state index contributed by atoms with van der Waals surface area (Å²) in [7, 11) is 0. The summed E-state index contributed by atoms with van der Waals surface area (Å²) in [5.41, 5.74) is -1.68. The molecule has 1 fully saturated rings. The number of carboxylic acids is 1. The third-order valence-electron chi connectivity index (χ3n) is 5.88. The number of nitrogens with one attached hydrogen (secondary N) is 1. The summed E-state index contributed by atoms with van der Waals surface area (Å²) in [5.74, 6) is -3.55. The van der Waals surface area contributed by atoms with Crippen molar-refractivity contribution < 1.29 is 24.6 Å². The average Bonchev–Trinajstić information content (AvgIpc) is 2.76. The SMILES string of the molecule is O=C(O)c1cn2c(c(O)c1=O)C(=O)N(c1ccccc1)[C@@H](C(=O)NC1CCCCC1)C2. The number of aromatic hydroxyl groups is 1. The number of benzene rings is 1. The topological polar surface area (TPSA) is 129 Å². The maximum atomic E-state index is 13.4. The minimum Gasteiger partial charge on any atom is -0.503 e. The van der Waals surface area contributed by atoms with Crippen LogP contribution in [0.15, 0.2) is 41.3 Å². The Bertz CT molecular complexity index is 1090. The quantitative estimate of drug-likeness (QED) is 0.684. The van der Waals surface area contributed by atoms with Crippen LogP contribution >= 0.6 is 0 Å². The monoisotopic (exact) mass is 425 g/mol. The Hall–Kier alpha value is -3.62. The molecule has 162 valence electrons. The van der Waals surface area contributed by atoms with Crippen molar-refractivity contribution in [1.82, 2.24) is 9.88 Å². The zero-order valence-corrected chi connectivity index (χ0v) is 16.8. The van der Waals surface area contributed by atoms with Crippen LogP contribution in [-0.2, 0) is 11.3 Å². The van der Waals surface area contributed by atoms with Crippen LogP contribution in [0, 0.1) is 0 Å². The Morgan fingerprint density at radius 2 is 1.71 bits per heavy atom. The second kappa shape index (κ2) is 8.25. The van der Waals surface area contributed by atoms with Crippen LogP contribution in [0.1, 0.15) is 53.0 Å². The highest BCUT2D eigenvalue weighted by atomic mass is 16.4. The van der Waals surface area contributed by atoms with Crippen molar-refractivity contribution >= 4 is 23.5 Å². The van der Waals surface area contributed by atoms with E-state index in [1.165, 1.54) is 9.47 Å². The van der Waals surface area contributed by atoms with Crippen molar-refractivity contribution in [2.75, 3.05) is 4.90 Å². The van der Waals surface area contributed by atoms with E-state index in [0.717, 1.165) is 38.3 Å². The molecule has 2 aromatic rings. The van der Waals surface area contributed by atoms with Gasteiger partial charge < -0.3 is 20.1 Å². The number of hydrogen-bond acceptors (Lipinski definition) is 5. The number of hydrogen-bond donors (Lipinski definition) is 3. The number of carbonyl (C=O) groups is 3. The molecule has 9 nitrogen and oxygen atoms in total. The summed E-state index contributed by atoms with van der Waals surface area (Å²) < 4.78 is 1.19. The molecule has 0 unspecified atom stereocenters. The zero-order chi connectivity index (χ0) is 22.1. The number of carboxylic acid groups (broad SMARTS) is 1. The third-order valence-corrected chi connectivity index (χ3v) is 5.88. The predicted molar refractivity (Wildman–Crippen MR) is 111 cm³/mol. The molecule has 1 atom stereocenters. The first-order valence-electron chi connectivity index (χ1n) is 10.3. The number of carbonyl (C=O) groups excluding carboxylic acids is 2. The minimum absolute atomic E-state index is 0.0207. The lowest BCUT2D eigenvalue weighted by Crippen LogP contribution is -2.57. The lowest BCUT2D eigenvalue weighted by Gasteiger charge is -2.38. The molecular weight excluding hydrogens is 402 g/mol. The number of aromatic carboxylic acids is 1. The van der Waals surface area contributed by atoms with Gasteiger partial charge in [-0.15, -0.1) is 0 Å². The first-order valence-corrected chi connectivity index (χ1v) is 10.3. The van der Waals surface area contributed by atoms with Crippen molar-refractivity contribution in [1.29, 1.82) is 0 Å². The van der Waals surface area contributed by atoms with Gasteiger partial charge in [0.2, 0.25) is 11.3 Å². The maximum Gasteiger partial charge on any atom is 0.341 e. The highest BCUT2D eigenvalue weighted by Crippen LogP contribution is 2.29. The zero-order valence-electron chi connectivity index (χ0n) is 16.8. The number of rotatable bonds is 4. The largest absolute Gasteiger partial charge is 0.503 e. The van der Waals surface area contributed by atoms with E-state index in [1.54, 1.807) is 30.3 Å². The molecule has 9 heteroatoms. The summed E-state index contributed by atoms with van der Waals surface area (Å²) in [6.07, 6.45) is 5.92. The van der Waals surface area contributed by atoms with Crippen LogP contribution in [0.4, 0.5) is 5.69 Å². The number of anilines is 1. The van der Waals surface area contributed by atoms with Crippen molar-refractivity contribution in [3.8, 4) is 5.75 Å². The van der Waals surface area contributed by atoms with Crippen LogP contribution in [0.25, 0.3) is 0 Å². The number of amides is 2. The lowest BCUT2D eigenvalue weighted by molar-refractivity contribution is -0.123. The van der Waals surface area contributed by atoms with Crippen LogP contribution in [0.5, 0.6) is 5.75 Å². The fraction of sp³-hybridized carbons (Fsp3) is 0.364. The number of para-hydroxylation sites is 1. The smallest absolute Gasteiger partial charge is 0.341 e. The molecule has 1 aliphatic carbocycles. The standard InChI is InChI=1S/C22H23N3O6/c26-18-15(22(30)31)11-24-12-16(20(28)23-13-7-3-1-4-8-13)25(14-9-5-2-6-10-14)21(29)17(24)19(18)27/h2,5-6,9-11,13,16,27H,1,3-4,7-8,12H2,(H,23,28)(H,30,31)/t16-/m1/s1. The van der Waals surface area contributed by atoms with Crippen molar-refractivity contribution in [2.24, 2.45) is 0 Å². The molecule has 2 amide bonds. The molecule has 0 saturated heterocycles. The Labute approximate surface area is 177 Å². The first-order chi connectivity index (χ1) is 14.9. The van der Waals surface area contributed by atoms with E-state index in [1.807, 2.05) is 0 Å². The van der Waals surface area contributed by atoms with Crippen LogP contribution in [0.2, 0.25) is 0 Å². The third kappa shape index (κ3) is 3.78. The lowest BCUT2D eigenvalue weighted by atomic mass is 9.95. The van der Waals surface area contributed by atoms with Gasteiger partial charge in [0, 0.05) is 17.9 Å². The molecule has 31 heavy (non-hydrogen) atoms. The molecule has 1 saturated carbocycles. The van der Waals surface area contributed by atoms with Gasteiger partial charge in [0.15, 0.2) is 11.4 Å². The Balaban J connectivity index is 1.78. The molecule has 0 radical (unpaired) electrons. The van der Waals surface area contributed by atoms with E-state index < -0.39 is 34.7 Å². The number of pyridine rings is 1. The van der Waals surface area contributed by atoms with Crippen LogP contribution in [-0.4, -0.2) is 44.6 Å². The van der Waals surface area contributed by atoms with Gasteiger partial charge in [-0.1, -0.05) is 37.5 Å². The minimum atomic E-state index is -1.52. The van der Waals surface area contributed by atoms with Gasteiger partial charge in [-0.05, 0) is 25.0 Å². The van der Waals surface area contributed by atoms with Gasteiger partial charge in [-0.3, -0.25) is 19.3 Å².